The fraction of sp³-hybridized carbons (Fsp3) is 0.381. The van der Waals surface area contributed by atoms with Gasteiger partial charge in [-0.15, -0.1) is 11.3 Å². The third-order valence-corrected chi connectivity index (χ3v) is 7.24. The van der Waals surface area contributed by atoms with E-state index in [0.29, 0.717) is 17.6 Å². The van der Waals surface area contributed by atoms with Crippen molar-refractivity contribution in [2.75, 3.05) is 12.9 Å². The third kappa shape index (κ3) is 3.73. The molecule has 0 saturated carbocycles. The van der Waals surface area contributed by atoms with Crippen molar-refractivity contribution in [3.63, 3.8) is 0 Å². The Balaban J connectivity index is 1.84. The van der Waals surface area contributed by atoms with Crippen LogP contribution in [0.4, 0.5) is 0 Å². The van der Waals surface area contributed by atoms with Crippen molar-refractivity contribution in [3.8, 4) is 0 Å². The largest absolute Gasteiger partial charge is 0.468 e. The van der Waals surface area contributed by atoms with Crippen LogP contribution in [0, 0.1) is 5.92 Å². The van der Waals surface area contributed by atoms with Crippen LogP contribution in [0.15, 0.2) is 40.3 Å². The molecule has 28 heavy (non-hydrogen) atoms. The number of thioether (sulfide) groups is 1. The van der Waals surface area contributed by atoms with Gasteiger partial charge in [0.1, 0.15) is 4.83 Å². The van der Waals surface area contributed by atoms with Crippen LogP contribution in [0.3, 0.4) is 0 Å². The quantitative estimate of drug-likeness (QED) is 0.360. The lowest BCUT2D eigenvalue weighted by molar-refractivity contribution is -0.137. The summed E-state index contributed by atoms with van der Waals surface area (Å²) in [6.45, 7) is 2.68. The van der Waals surface area contributed by atoms with E-state index in [0.717, 1.165) is 35.0 Å². The van der Waals surface area contributed by atoms with E-state index in [1.165, 1.54) is 29.3 Å². The molecule has 0 radical (unpaired) electrons. The topological polar surface area (TPSA) is 61.2 Å². The molecule has 4 rings (SSSR count). The van der Waals surface area contributed by atoms with Gasteiger partial charge >= 0.3 is 5.97 Å². The number of carbonyl (C=O) groups is 1. The van der Waals surface area contributed by atoms with Crippen LogP contribution >= 0.6 is 23.1 Å². The predicted octanol–water partition coefficient (Wildman–Crippen LogP) is 3.90. The summed E-state index contributed by atoms with van der Waals surface area (Å²) in [6.07, 6.45) is 3.11. The first kappa shape index (κ1) is 19.2. The van der Waals surface area contributed by atoms with Gasteiger partial charge in [-0.05, 0) is 36.3 Å². The summed E-state index contributed by atoms with van der Waals surface area (Å²) >= 11 is 2.89. The summed E-state index contributed by atoms with van der Waals surface area (Å²) in [4.78, 5) is 32.0. The molecule has 0 fully saturated rings. The predicted molar refractivity (Wildman–Crippen MR) is 113 cm³/mol. The van der Waals surface area contributed by atoms with E-state index in [4.69, 9.17) is 9.72 Å². The highest BCUT2D eigenvalue weighted by molar-refractivity contribution is 7.99. The Labute approximate surface area is 171 Å². The maximum absolute atomic E-state index is 13.5. The average molecular weight is 415 g/mol. The highest BCUT2D eigenvalue weighted by atomic mass is 32.2. The molecule has 0 saturated heterocycles. The summed E-state index contributed by atoms with van der Waals surface area (Å²) in [6, 6.07) is 9.87. The Kier molecular flexibility index (Phi) is 5.55. The van der Waals surface area contributed by atoms with Gasteiger partial charge in [-0.1, -0.05) is 49.0 Å². The van der Waals surface area contributed by atoms with Crippen LogP contribution in [0.5, 0.6) is 0 Å². The Morgan fingerprint density at radius 2 is 2.14 bits per heavy atom. The monoisotopic (exact) mass is 414 g/mol. The molecular formula is C21H22N2O3S2. The van der Waals surface area contributed by atoms with Crippen LogP contribution in [0.1, 0.15) is 29.3 Å². The molecule has 0 unspecified atom stereocenters. The number of thiophene rings is 1. The number of carbonyl (C=O) groups excluding carboxylic acids is 1. The molecule has 146 valence electrons. The summed E-state index contributed by atoms with van der Waals surface area (Å²) in [5.74, 6) is 0.385. The number of esters is 1. The number of rotatable bonds is 5. The van der Waals surface area contributed by atoms with Gasteiger partial charge in [-0.25, -0.2) is 4.98 Å². The van der Waals surface area contributed by atoms with Gasteiger partial charge in [0.05, 0.1) is 24.8 Å². The minimum Gasteiger partial charge on any atom is -0.468 e. The minimum absolute atomic E-state index is 0.00665. The van der Waals surface area contributed by atoms with Gasteiger partial charge < -0.3 is 4.74 Å². The van der Waals surface area contributed by atoms with Crippen molar-refractivity contribution < 1.29 is 9.53 Å². The maximum Gasteiger partial charge on any atom is 0.316 e. The first-order valence-corrected chi connectivity index (χ1v) is 11.2. The zero-order valence-corrected chi connectivity index (χ0v) is 17.6. The van der Waals surface area contributed by atoms with Crippen molar-refractivity contribution in [1.82, 2.24) is 9.55 Å². The van der Waals surface area contributed by atoms with Crippen molar-refractivity contribution in [1.29, 1.82) is 0 Å². The number of hydrogen-bond acceptors (Lipinski definition) is 6. The maximum atomic E-state index is 13.5. The van der Waals surface area contributed by atoms with Crippen molar-refractivity contribution in [3.05, 3.63) is 56.7 Å². The number of aryl methyl sites for hydroxylation is 1. The third-order valence-electron chi connectivity index (χ3n) is 5.11. The summed E-state index contributed by atoms with van der Waals surface area (Å²) in [5.41, 5.74) is 2.21. The van der Waals surface area contributed by atoms with E-state index < -0.39 is 0 Å². The molecule has 0 aliphatic heterocycles. The molecule has 0 bridgehead atoms. The van der Waals surface area contributed by atoms with E-state index in [9.17, 15) is 9.59 Å². The van der Waals surface area contributed by atoms with Gasteiger partial charge in [0.15, 0.2) is 5.16 Å². The minimum atomic E-state index is -0.329. The first-order chi connectivity index (χ1) is 13.6. The van der Waals surface area contributed by atoms with Gasteiger partial charge in [0.25, 0.3) is 5.56 Å². The second-order valence-electron chi connectivity index (χ2n) is 7.17. The van der Waals surface area contributed by atoms with Crippen LogP contribution in [-0.2, 0) is 28.9 Å². The van der Waals surface area contributed by atoms with Crippen LogP contribution in [-0.4, -0.2) is 28.4 Å². The Morgan fingerprint density at radius 3 is 2.89 bits per heavy atom. The number of fused-ring (bicyclic) bond motifs is 3. The molecule has 2 heterocycles. The molecule has 1 aliphatic rings. The van der Waals surface area contributed by atoms with Crippen molar-refractivity contribution in [2.24, 2.45) is 5.92 Å². The number of aromatic nitrogens is 2. The number of benzene rings is 1. The molecule has 0 N–H and O–H groups in total. The number of hydrogen-bond donors (Lipinski definition) is 0. The van der Waals surface area contributed by atoms with Crippen molar-refractivity contribution in [2.45, 2.75) is 37.9 Å². The Bertz CT molecular complexity index is 1070. The van der Waals surface area contributed by atoms with Gasteiger partial charge in [0, 0.05) is 4.88 Å². The van der Waals surface area contributed by atoms with Crippen LogP contribution in [0.2, 0.25) is 0 Å². The highest BCUT2D eigenvalue weighted by Crippen LogP contribution is 2.36. The lowest BCUT2D eigenvalue weighted by Crippen LogP contribution is -2.25. The van der Waals surface area contributed by atoms with Gasteiger partial charge in [0.2, 0.25) is 0 Å². The number of nitrogens with zero attached hydrogens (tertiary/aromatic N) is 2. The number of ether oxygens (including phenoxy) is 1. The smallest absolute Gasteiger partial charge is 0.316 e. The van der Waals surface area contributed by atoms with Gasteiger partial charge in [-0.3, -0.25) is 14.2 Å². The SMILES string of the molecule is COC(=O)CSc1nc2sc3c(c2c(=O)n1Cc1ccccc1)C[C@H](C)CC3. The molecule has 1 atom stereocenters. The molecule has 0 amide bonds. The van der Waals surface area contributed by atoms with Crippen molar-refractivity contribution >= 4 is 39.3 Å². The lowest BCUT2D eigenvalue weighted by atomic mass is 9.89. The van der Waals surface area contributed by atoms with E-state index in [1.54, 1.807) is 15.9 Å². The molecule has 0 spiro atoms. The van der Waals surface area contributed by atoms with E-state index in [2.05, 4.69) is 6.92 Å². The Morgan fingerprint density at radius 1 is 1.36 bits per heavy atom. The molecule has 2 aromatic heterocycles. The van der Waals surface area contributed by atoms with E-state index in [-0.39, 0.29) is 17.3 Å². The lowest BCUT2D eigenvalue weighted by Gasteiger charge is -2.18. The van der Waals surface area contributed by atoms with E-state index >= 15 is 0 Å². The summed E-state index contributed by atoms with van der Waals surface area (Å²) in [5, 5.41) is 1.34. The first-order valence-electron chi connectivity index (χ1n) is 9.35. The normalized spacial score (nSPS) is 16.1. The average Bonchev–Trinajstić information content (AvgIpc) is 3.06. The zero-order valence-electron chi connectivity index (χ0n) is 15.9. The molecule has 5 nitrogen and oxygen atoms in total. The summed E-state index contributed by atoms with van der Waals surface area (Å²) in [7, 11) is 1.37. The fourth-order valence-electron chi connectivity index (χ4n) is 3.61. The molecule has 3 aromatic rings. The second-order valence-corrected chi connectivity index (χ2v) is 9.19. The fourth-order valence-corrected chi connectivity index (χ4v) is 5.70. The Hall–Kier alpha value is -2.12. The highest BCUT2D eigenvalue weighted by Gasteiger charge is 2.25. The van der Waals surface area contributed by atoms with Crippen LogP contribution < -0.4 is 5.56 Å². The van der Waals surface area contributed by atoms with E-state index in [1.807, 2.05) is 30.3 Å². The van der Waals surface area contributed by atoms with Crippen LogP contribution in [0.25, 0.3) is 10.2 Å². The van der Waals surface area contributed by atoms with Gasteiger partial charge in [-0.2, -0.15) is 0 Å². The standard InChI is InChI=1S/C21H22N2O3S2/c1-13-8-9-16-15(10-13)18-19(28-16)22-21(27-12-17(24)26-2)23(20(18)25)11-14-6-4-3-5-7-14/h3-7,13H,8-12H2,1-2H3/t13-/m1/s1. The number of methoxy groups -OCH3 is 1. The second kappa shape index (κ2) is 8.09. The molecular weight excluding hydrogens is 392 g/mol. The summed E-state index contributed by atoms with van der Waals surface area (Å²) < 4.78 is 6.46. The molecule has 1 aliphatic carbocycles. The zero-order chi connectivity index (χ0) is 19.7. The molecule has 7 heteroatoms. The molecule has 1 aromatic carbocycles.